The molecule has 5 rings (SSSR count). The third-order valence-electron chi connectivity index (χ3n) is 4.96. The van der Waals surface area contributed by atoms with Crippen molar-refractivity contribution in [3.63, 3.8) is 0 Å². The first kappa shape index (κ1) is 18.8. The number of hydrogen-bond acceptors (Lipinski definition) is 4. The number of halogens is 1. The lowest BCUT2D eigenvalue weighted by molar-refractivity contribution is 0.470. The highest BCUT2D eigenvalue weighted by Crippen LogP contribution is 2.30. The summed E-state index contributed by atoms with van der Waals surface area (Å²) in [5.41, 5.74) is 4.91. The number of fused-ring (bicyclic) bond motifs is 2. The minimum absolute atomic E-state index is 0.242. The third-order valence-corrected chi connectivity index (χ3v) is 5.78. The molecule has 0 aliphatic rings. The number of aliphatic imine (C=N–C) groups is 1. The monoisotopic (exact) mass is 504 g/mol. The van der Waals surface area contributed by atoms with Crippen LogP contribution in [0.15, 0.2) is 82.2 Å². The van der Waals surface area contributed by atoms with Crippen LogP contribution in [0.25, 0.3) is 33.3 Å². The second-order valence-electron chi connectivity index (χ2n) is 7.18. The average molecular weight is 504 g/mol. The number of aryl methyl sites for hydroxylation is 1. The Hall–Kier alpha value is -3.19. The van der Waals surface area contributed by atoms with E-state index >= 15 is 0 Å². The molecule has 1 heterocycles. The minimum atomic E-state index is 0.242. The molecule has 4 aromatic carbocycles. The van der Waals surface area contributed by atoms with Crippen LogP contribution in [0.3, 0.4) is 0 Å². The molecule has 0 spiro atoms. The highest BCUT2D eigenvalue weighted by molar-refractivity contribution is 14.1. The first-order chi connectivity index (χ1) is 14.6. The Kier molecular flexibility index (Phi) is 4.75. The predicted molar refractivity (Wildman–Crippen MR) is 130 cm³/mol. The van der Waals surface area contributed by atoms with Crippen molar-refractivity contribution >= 4 is 56.4 Å². The SMILES string of the molecule is Cc1cc(I)c(O)c(C=Nc2ccc3oc(-c4ccc5ccccc5c4)nc3c2)c1. The highest BCUT2D eigenvalue weighted by atomic mass is 127. The molecular weight excluding hydrogens is 487 g/mol. The smallest absolute Gasteiger partial charge is 0.227 e. The summed E-state index contributed by atoms with van der Waals surface area (Å²) >= 11 is 2.12. The molecule has 5 heteroatoms. The maximum atomic E-state index is 10.3. The highest BCUT2D eigenvalue weighted by Gasteiger charge is 2.10. The van der Waals surface area contributed by atoms with Gasteiger partial charge in [-0.05, 0) is 88.3 Å². The standard InChI is InChI=1S/C25H17IN2O2/c1-15-10-19(24(29)21(26)11-15)14-27-20-8-9-23-22(13-20)28-25(30-23)18-7-6-16-4-2-3-5-17(16)12-18/h2-14,29H,1H3. The van der Waals surface area contributed by atoms with Crippen molar-refractivity contribution in [2.24, 2.45) is 4.99 Å². The van der Waals surface area contributed by atoms with Gasteiger partial charge in [0.15, 0.2) is 5.58 Å². The van der Waals surface area contributed by atoms with Gasteiger partial charge in [-0.1, -0.05) is 30.3 Å². The summed E-state index contributed by atoms with van der Waals surface area (Å²) in [4.78, 5) is 9.18. The molecule has 0 aliphatic heterocycles. The fraction of sp³-hybridized carbons (Fsp3) is 0.0400. The first-order valence-corrected chi connectivity index (χ1v) is 10.6. The molecular formula is C25H17IN2O2. The molecule has 0 aliphatic carbocycles. The topological polar surface area (TPSA) is 58.6 Å². The van der Waals surface area contributed by atoms with Crippen LogP contribution >= 0.6 is 22.6 Å². The summed E-state index contributed by atoms with van der Waals surface area (Å²) < 4.78 is 6.77. The van der Waals surface area contributed by atoms with E-state index in [0.29, 0.717) is 17.0 Å². The third kappa shape index (κ3) is 3.57. The molecule has 1 aromatic heterocycles. The molecule has 5 aromatic rings. The van der Waals surface area contributed by atoms with E-state index in [-0.39, 0.29) is 5.75 Å². The normalized spacial score (nSPS) is 11.7. The number of benzene rings is 4. The second kappa shape index (κ2) is 7.57. The second-order valence-corrected chi connectivity index (χ2v) is 8.34. The van der Waals surface area contributed by atoms with E-state index in [1.807, 2.05) is 55.5 Å². The number of phenolic OH excluding ortho intramolecular Hbond substituents is 1. The van der Waals surface area contributed by atoms with Crippen molar-refractivity contribution < 1.29 is 9.52 Å². The van der Waals surface area contributed by atoms with Crippen LogP contribution in [-0.4, -0.2) is 16.3 Å². The fourth-order valence-electron chi connectivity index (χ4n) is 3.45. The summed E-state index contributed by atoms with van der Waals surface area (Å²) in [6.45, 7) is 1.99. The average Bonchev–Trinajstić information content (AvgIpc) is 3.18. The molecule has 1 N–H and O–H groups in total. The van der Waals surface area contributed by atoms with Crippen LogP contribution < -0.4 is 0 Å². The van der Waals surface area contributed by atoms with E-state index in [0.717, 1.165) is 31.3 Å². The minimum Gasteiger partial charge on any atom is -0.506 e. The molecule has 0 radical (unpaired) electrons. The van der Waals surface area contributed by atoms with E-state index in [9.17, 15) is 5.11 Å². The van der Waals surface area contributed by atoms with Crippen LogP contribution in [0.4, 0.5) is 5.69 Å². The molecule has 0 saturated carbocycles. The summed E-state index contributed by atoms with van der Waals surface area (Å²) in [5, 5.41) is 12.6. The lowest BCUT2D eigenvalue weighted by Gasteiger charge is -2.03. The van der Waals surface area contributed by atoms with Crippen molar-refractivity contribution in [2.75, 3.05) is 0 Å². The van der Waals surface area contributed by atoms with Crippen molar-refractivity contribution in [3.8, 4) is 17.2 Å². The number of nitrogens with zero attached hydrogens (tertiary/aromatic N) is 2. The van der Waals surface area contributed by atoms with Gasteiger partial charge in [0.1, 0.15) is 11.3 Å². The molecule has 146 valence electrons. The number of hydrogen-bond donors (Lipinski definition) is 1. The van der Waals surface area contributed by atoms with E-state index in [4.69, 9.17) is 4.42 Å². The number of oxazole rings is 1. The van der Waals surface area contributed by atoms with Gasteiger partial charge in [-0.15, -0.1) is 0 Å². The maximum Gasteiger partial charge on any atom is 0.227 e. The Bertz CT molecular complexity index is 1440. The number of rotatable bonds is 3. The first-order valence-electron chi connectivity index (χ1n) is 9.50. The summed E-state index contributed by atoms with van der Waals surface area (Å²) in [6.07, 6.45) is 1.68. The van der Waals surface area contributed by atoms with Crippen LogP contribution in [0.1, 0.15) is 11.1 Å². The summed E-state index contributed by atoms with van der Waals surface area (Å²) in [5.74, 6) is 0.828. The van der Waals surface area contributed by atoms with Gasteiger partial charge in [-0.2, -0.15) is 0 Å². The predicted octanol–water partition coefficient (Wildman–Crippen LogP) is 7.02. The van der Waals surface area contributed by atoms with Gasteiger partial charge in [-0.25, -0.2) is 4.98 Å². The Morgan fingerprint density at radius 3 is 2.67 bits per heavy atom. The van der Waals surface area contributed by atoms with Gasteiger partial charge in [-0.3, -0.25) is 4.99 Å². The van der Waals surface area contributed by atoms with Crippen LogP contribution in [0, 0.1) is 10.5 Å². The molecule has 30 heavy (non-hydrogen) atoms. The Morgan fingerprint density at radius 2 is 1.80 bits per heavy atom. The van der Waals surface area contributed by atoms with Gasteiger partial charge < -0.3 is 9.52 Å². The quantitative estimate of drug-likeness (QED) is 0.212. The lowest BCUT2D eigenvalue weighted by Crippen LogP contribution is -1.87. The number of aromatic hydroxyl groups is 1. The van der Waals surface area contributed by atoms with E-state index in [1.165, 1.54) is 5.39 Å². The van der Waals surface area contributed by atoms with Gasteiger partial charge in [0.05, 0.1) is 9.26 Å². The fourth-order valence-corrected chi connectivity index (χ4v) is 4.25. The molecule has 4 nitrogen and oxygen atoms in total. The summed E-state index contributed by atoms with van der Waals surface area (Å²) in [6, 6.07) is 23.9. The van der Waals surface area contributed by atoms with Crippen LogP contribution in [-0.2, 0) is 0 Å². The van der Waals surface area contributed by atoms with Gasteiger partial charge in [0.2, 0.25) is 5.89 Å². The van der Waals surface area contributed by atoms with Crippen molar-refractivity contribution in [1.82, 2.24) is 4.98 Å². The molecule has 0 fully saturated rings. The molecule has 0 saturated heterocycles. The zero-order valence-corrected chi connectivity index (χ0v) is 18.3. The van der Waals surface area contributed by atoms with Gasteiger partial charge in [0.25, 0.3) is 0 Å². The number of phenols is 1. The van der Waals surface area contributed by atoms with Crippen molar-refractivity contribution in [2.45, 2.75) is 6.92 Å². The van der Waals surface area contributed by atoms with E-state index in [2.05, 4.69) is 56.8 Å². The largest absolute Gasteiger partial charge is 0.506 e. The number of aromatic nitrogens is 1. The van der Waals surface area contributed by atoms with E-state index in [1.54, 1.807) is 6.21 Å². The Morgan fingerprint density at radius 1 is 0.967 bits per heavy atom. The maximum absolute atomic E-state index is 10.3. The summed E-state index contributed by atoms with van der Waals surface area (Å²) in [7, 11) is 0. The van der Waals surface area contributed by atoms with Crippen LogP contribution in [0.5, 0.6) is 5.75 Å². The Labute approximate surface area is 187 Å². The van der Waals surface area contributed by atoms with Gasteiger partial charge in [0, 0.05) is 17.3 Å². The van der Waals surface area contributed by atoms with Crippen LogP contribution in [0.2, 0.25) is 0 Å². The molecule has 0 amide bonds. The van der Waals surface area contributed by atoms with Crippen molar-refractivity contribution in [3.05, 3.63) is 87.5 Å². The van der Waals surface area contributed by atoms with E-state index < -0.39 is 0 Å². The zero-order chi connectivity index (χ0) is 20.7. The van der Waals surface area contributed by atoms with Crippen molar-refractivity contribution in [1.29, 1.82) is 0 Å². The zero-order valence-electron chi connectivity index (χ0n) is 16.1. The molecule has 0 unspecified atom stereocenters. The lowest BCUT2D eigenvalue weighted by atomic mass is 10.1. The Balaban J connectivity index is 1.49. The molecule has 0 atom stereocenters. The molecule has 0 bridgehead atoms. The van der Waals surface area contributed by atoms with Gasteiger partial charge >= 0.3 is 0 Å².